The molecule has 1 aromatic heterocycles. The second-order valence-corrected chi connectivity index (χ2v) is 8.91. The van der Waals surface area contributed by atoms with Crippen LogP contribution in [0.1, 0.15) is 17.7 Å². The van der Waals surface area contributed by atoms with Gasteiger partial charge in [0, 0.05) is 42.7 Å². The molecule has 0 spiro atoms. The Hall–Kier alpha value is -2.72. The normalized spacial score (nSPS) is 14.6. The summed E-state index contributed by atoms with van der Waals surface area (Å²) in [6.07, 6.45) is 1.49. The number of morpholine rings is 1. The van der Waals surface area contributed by atoms with Gasteiger partial charge in [0.15, 0.2) is 9.84 Å². The smallest absolute Gasteiger partial charge is 0.255 e. The Balaban J connectivity index is 1.62. The number of carbonyl (C=O) groups excluding carboxylic acids is 1. The van der Waals surface area contributed by atoms with E-state index < -0.39 is 9.84 Å². The van der Waals surface area contributed by atoms with E-state index in [9.17, 15) is 18.0 Å². The van der Waals surface area contributed by atoms with Gasteiger partial charge >= 0.3 is 0 Å². The number of sulfone groups is 1. The van der Waals surface area contributed by atoms with Crippen LogP contribution in [0.5, 0.6) is 0 Å². The SMILES string of the molecule is Cc1nc(N2CCOCC2)[nH]c(=O)c1CCC(=O)Nc1ccc(S(C)(=O)=O)cc1. The molecule has 1 aromatic carbocycles. The van der Waals surface area contributed by atoms with Crippen molar-refractivity contribution in [3.05, 3.63) is 45.9 Å². The zero-order valence-corrected chi connectivity index (χ0v) is 17.2. The maximum absolute atomic E-state index is 12.5. The maximum Gasteiger partial charge on any atom is 0.255 e. The van der Waals surface area contributed by atoms with Crippen molar-refractivity contribution in [2.24, 2.45) is 0 Å². The summed E-state index contributed by atoms with van der Waals surface area (Å²) in [5.74, 6) is 0.253. The number of ether oxygens (including phenoxy) is 1. The molecule has 3 rings (SSSR count). The molecule has 1 saturated heterocycles. The van der Waals surface area contributed by atoms with Gasteiger partial charge in [-0.05, 0) is 37.6 Å². The molecule has 1 fully saturated rings. The van der Waals surface area contributed by atoms with Crippen molar-refractivity contribution < 1.29 is 17.9 Å². The third kappa shape index (κ3) is 5.42. The fraction of sp³-hybridized carbons (Fsp3) is 0.421. The van der Waals surface area contributed by atoms with Crippen LogP contribution in [0.25, 0.3) is 0 Å². The van der Waals surface area contributed by atoms with Gasteiger partial charge in [0.2, 0.25) is 11.9 Å². The third-order valence-corrected chi connectivity index (χ3v) is 5.82. The van der Waals surface area contributed by atoms with Crippen LogP contribution >= 0.6 is 0 Å². The van der Waals surface area contributed by atoms with E-state index in [-0.39, 0.29) is 29.2 Å². The van der Waals surface area contributed by atoms with E-state index in [4.69, 9.17) is 4.74 Å². The number of H-pyrrole nitrogens is 1. The Morgan fingerprint density at radius 2 is 1.90 bits per heavy atom. The number of nitrogens with one attached hydrogen (secondary N) is 2. The zero-order valence-electron chi connectivity index (χ0n) is 16.4. The molecule has 2 aromatic rings. The van der Waals surface area contributed by atoms with Crippen LogP contribution in [0.2, 0.25) is 0 Å². The topological polar surface area (TPSA) is 121 Å². The Morgan fingerprint density at radius 3 is 2.48 bits per heavy atom. The fourth-order valence-corrected chi connectivity index (χ4v) is 3.69. The summed E-state index contributed by atoms with van der Waals surface area (Å²) >= 11 is 0. The Bertz CT molecular complexity index is 1040. The standard InChI is InChI=1S/C19H24N4O5S/c1-13-16(18(25)22-19(20-13)23-9-11-28-12-10-23)7-8-17(24)21-14-3-5-15(6-4-14)29(2,26)27/h3-6H,7-12H2,1-2H3,(H,21,24)(H,20,22,25). The van der Waals surface area contributed by atoms with Crippen molar-refractivity contribution in [2.75, 3.05) is 42.8 Å². The van der Waals surface area contributed by atoms with E-state index in [1.165, 1.54) is 24.3 Å². The van der Waals surface area contributed by atoms with Gasteiger partial charge in [0.25, 0.3) is 5.56 Å². The van der Waals surface area contributed by atoms with Crippen molar-refractivity contribution in [1.82, 2.24) is 9.97 Å². The Labute approximate surface area is 169 Å². The van der Waals surface area contributed by atoms with Crippen LogP contribution < -0.4 is 15.8 Å². The van der Waals surface area contributed by atoms with Crippen molar-refractivity contribution in [3.63, 3.8) is 0 Å². The van der Waals surface area contributed by atoms with Crippen LogP contribution in [0.15, 0.2) is 34.0 Å². The molecule has 0 unspecified atom stereocenters. The summed E-state index contributed by atoms with van der Waals surface area (Å²) in [4.78, 5) is 34.1. The number of hydrogen-bond acceptors (Lipinski definition) is 7. The largest absolute Gasteiger partial charge is 0.378 e. The predicted molar refractivity (Wildman–Crippen MR) is 109 cm³/mol. The quantitative estimate of drug-likeness (QED) is 0.712. The molecule has 156 valence electrons. The predicted octanol–water partition coefficient (Wildman–Crippen LogP) is 0.890. The molecule has 2 heterocycles. The number of aromatic nitrogens is 2. The van der Waals surface area contributed by atoms with Gasteiger partial charge in [0.05, 0.1) is 18.1 Å². The van der Waals surface area contributed by atoms with E-state index in [1.807, 2.05) is 4.90 Å². The van der Waals surface area contributed by atoms with Crippen LogP contribution in [-0.4, -0.2) is 56.9 Å². The molecule has 1 amide bonds. The number of aromatic amines is 1. The van der Waals surface area contributed by atoms with Crippen LogP contribution in [0.3, 0.4) is 0 Å². The second kappa shape index (κ2) is 8.75. The highest BCUT2D eigenvalue weighted by Gasteiger charge is 2.17. The van der Waals surface area contributed by atoms with Crippen LogP contribution in [0.4, 0.5) is 11.6 Å². The molecular formula is C19H24N4O5S. The van der Waals surface area contributed by atoms with Crippen molar-refractivity contribution in [3.8, 4) is 0 Å². The molecular weight excluding hydrogens is 396 g/mol. The Kier molecular flexibility index (Phi) is 6.33. The third-order valence-electron chi connectivity index (χ3n) is 4.69. The van der Waals surface area contributed by atoms with Gasteiger partial charge in [-0.3, -0.25) is 14.6 Å². The molecule has 0 radical (unpaired) electrons. The van der Waals surface area contributed by atoms with E-state index in [2.05, 4.69) is 15.3 Å². The van der Waals surface area contributed by atoms with Gasteiger partial charge in [-0.1, -0.05) is 0 Å². The van der Waals surface area contributed by atoms with Crippen LogP contribution in [0, 0.1) is 6.92 Å². The lowest BCUT2D eigenvalue weighted by atomic mass is 10.1. The maximum atomic E-state index is 12.5. The van der Waals surface area contributed by atoms with Crippen LogP contribution in [-0.2, 0) is 25.8 Å². The van der Waals surface area contributed by atoms with Gasteiger partial charge in [-0.2, -0.15) is 0 Å². The van der Waals surface area contributed by atoms with Crippen molar-refractivity contribution in [2.45, 2.75) is 24.7 Å². The first-order chi connectivity index (χ1) is 13.7. The van der Waals surface area contributed by atoms with E-state index >= 15 is 0 Å². The molecule has 1 aliphatic rings. The summed E-state index contributed by atoms with van der Waals surface area (Å²) in [6.45, 7) is 4.28. The zero-order chi connectivity index (χ0) is 21.0. The first-order valence-corrected chi connectivity index (χ1v) is 11.2. The number of anilines is 2. The molecule has 29 heavy (non-hydrogen) atoms. The minimum absolute atomic E-state index is 0.107. The second-order valence-electron chi connectivity index (χ2n) is 6.90. The number of aryl methyl sites for hydroxylation is 1. The summed E-state index contributed by atoms with van der Waals surface area (Å²) in [7, 11) is -3.28. The minimum Gasteiger partial charge on any atom is -0.378 e. The molecule has 1 aliphatic heterocycles. The van der Waals surface area contributed by atoms with Crippen molar-refractivity contribution >= 4 is 27.4 Å². The number of nitrogens with zero attached hydrogens (tertiary/aromatic N) is 2. The lowest BCUT2D eigenvalue weighted by molar-refractivity contribution is -0.116. The highest BCUT2D eigenvalue weighted by Crippen LogP contribution is 2.15. The first kappa shape index (κ1) is 21.0. The van der Waals surface area contributed by atoms with E-state index in [1.54, 1.807) is 6.92 Å². The number of amides is 1. The lowest BCUT2D eigenvalue weighted by Crippen LogP contribution is -2.38. The van der Waals surface area contributed by atoms with Gasteiger partial charge in [0.1, 0.15) is 0 Å². The minimum atomic E-state index is -3.28. The number of benzene rings is 1. The summed E-state index contributed by atoms with van der Waals surface area (Å²) in [5, 5.41) is 2.70. The molecule has 2 N–H and O–H groups in total. The average molecular weight is 420 g/mol. The van der Waals surface area contributed by atoms with Crippen molar-refractivity contribution in [1.29, 1.82) is 0 Å². The highest BCUT2D eigenvalue weighted by atomic mass is 32.2. The monoisotopic (exact) mass is 420 g/mol. The summed E-state index contributed by atoms with van der Waals surface area (Å²) in [5.41, 5.74) is 1.32. The summed E-state index contributed by atoms with van der Waals surface area (Å²) in [6, 6.07) is 5.94. The van der Waals surface area contributed by atoms with Gasteiger partial charge in [-0.25, -0.2) is 13.4 Å². The first-order valence-electron chi connectivity index (χ1n) is 9.26. The number of carbonyl (C=O) groups is 1. The Morgan fingerprint density at radius 1 is 1.24 bits per heavy atom. The molecule has 10 heteroatoms. The molecule has 0 aliphatic carbocycles. The van der Waals surface area contributed by atoms with E-state index in [0.29, 0.717) is 49.2 Å². The fourth-order valence-electron chi connectivity index (χ4n) is 3.06. The highest BCUT2D eigenvalue weighted by molar-refractivity contribution is 7.90. The lowest BCUT2D eigenvalue weighted by Gasteiger charge is -2.27. The van der Waals surface area contributed by atoms with Gasteiger partial charge < -0.3 is 15.0 Å². The molecule has 0 saturated carbocycles. The molecule has 9 nitrogen and oxygen atoms in total. The number of hydrogen-bond donors (Lipinski definition) is 2. The molecule has 0 bridgehead atoms. The van der Waals surface area contributed by atoms with E-state index in [0.717, 1.165) is 6.26 Å². The summed E-state index contributed by atoms with van der Waals surface area (Å²) < 4.78 is 28.3. The van der Waals surface area contributed by atoms with Gasteiger partial charge in [-0.15, -0.1) is 0 Å². The number of rotatable bonds is 6. The average Bonchev–Trinajstić information content (AvgIpc) is 2.67. The molecule has 0 atom stereocenters.